The van der Waals surface area contributed by atoms with Crippen molar-refractivity contribution in [1.29, 1.82) is 0 Å². The van der Waals surface area contributed by atoms with Crippen LogP contribution in [0.2, 0.25) is 0 Å². The molecule has 0 atom stereocenters. The van der Waals surface area contributed by atoms with Gasteiger partial charge in [-0.2, -0.15) is 0 Å². The van der Waals surface area contributed by atoms with Gasteiger partial charge in [-0.1, -0.05) is 45.2 Å². The normalized spacial score (nSPS) is 22.0. The van der Waals surface area contributed by atoms with E-state index in [0.29, 0.717) is 5.92 Å². The van der Waals surface area contributed by atoms with Gasteiger partial charge in [0.2, 0.25) is 0 Å². The molecule has 1 aromatic carbocycles. The Kier molecular flexibility index (Phi) is 6.28. The molecule has 0 aromatic heterocycles. The smallest absolute Gasteiger partial charge is 0.251 e. The molecular formula is C19H29NO. The van der Waals surface area contributed by atoms with Crippen molar-refractivity contribution >= 4 is 5.91 Å². The van der Waals surface area contributed by atoms with E-state index in [-0.39, 0.29) is 5.91 Å². The number of hydrogen-bond donors (Lipinski definition) is 1. The third-order valence-corrected chi connectivity index (χ3v) is 4.72. The zero-order chi connectivity index (χ0) is 15.1. The zero-order valence-electron chi connectivity index (χ0n) is 13.5. The van der Waals surface area contributed by atoms with Crippen LogP contribution in [0.3, 0.4) is 0 Å². The SMILES string of the molecule is CCCCc1ccc(C(=O)NCC2CCC(C)CC2)cc1. The summed E-state index contributed by atoms with van der Waals surface area (Å²) in [7, 11) is 0. The van der Waals surface area contributed by atoms with E-state index in [2.05, 4.69) is 31.3 Å². The van der Waals surface area contributed by atoms with Crippen molar-refractivity contribution < 1.29 is 4.79 Å². The van der Waals surface area contributed by atoms with Gasteiger partial charge in [-0.3, -0.25) is 4.79 Å². The molecule has 1 aliphatic rings. The monoisotopic (exact) mass is 287 g/mol. The summed E-state index contributed by atoms with van der Waals surface area (Å²) in [4.78, 5) is 12.2. The molecule has 1 amide bonds. The number of amides is 1. The quantitative estimate of drug-likeness (QED) is 0.815. The van der Waals surface area contributed by atoms with Crippen molar-refractivity contribution in [1.82, 2.24) is 5.32 Å². The second-order valence-corrected chi connectivity index (χ2v) is 6.64. The number of aryl methyl sites for hydroxylation is 1. The molecule has 0 saturated heterocycles. The van der Waals surface area contributed by atoms with E-state index in [1.165, 1.54) is 44.1 Å². The zero-order valence-corrected chi connectivity index (χ0v) is 13.5. The molecule has 1 N–H and O–H groups in total. The van der Waals surface area contributed by atoms with Crippen LogP contribution in [0.5, 0.6) is 0 Å². The van der Waals surface area contributed by atoms with Crippen molar-refractivity contribution in [3.63, 3.8) is 0 Å². The molecule has 1 aromatic rings. The fraction of sp³-hybridized carbons (Fsp3) is 0.632. The molecule has 0 bridgehead atoms. The Morgan fingerprint density at radius 1 is 1.14 bits per heavy atom. The summed E-state index contributed by atoms with van der Waals surface area (Å²) < 4.78 is 0. The first kappa shape index (κ1) is 16.1. The van der Waals surface area contributed by atoms with Crippen molar-refractivity contribution in [3.05, 3.63) is 35.4 Å². The van der Waals surface area contributed by atoms with Gasteiger partial charge in [0.05, 0.1) is 0 Å². The van der Waals surface area contributed by atoms with E-state index in [0.717, 1.165) is 24.4 Å². The lowest BCUT2D eigenvalue weighted by Gasteiger charge is -2.26. The van der Waals surface area contributed by atoms with Gasteiger partial charge in [0.25, 0.3) is 5.91 Å². The van der Waals surface area contributed by atoms with Crippen LogP contribution in [-0.2, 0) is 6.42 Å². The van der Waals surface area contributed by atoms with Gasteiger partial charge < -0.3 is 5.32 Å². The van der Waals surface area contributed by atoms with E-state index in [9.17, 15) is 4.79 Å². The van der Waals surface area contributed by atoms with Crippen LogP contribution in [0.4, 0.5) is 0 Å². The Morgan fingerprint density at radius 3 is 2.43 bits per heavy atom. The molecule has 0 heterocycles. The molecule has 116 valence electrons. The summed E-state index contributed by atoms with van der Waals surface area (Å²) in [6.07, 6.45) is 8.68. The number of nitrogens with one attached hydrogen (secondary N) is 1. The average Bonchev–Trinajstić information content (AvgIpc) is 2.52. The lowest BCUT2D eigenvalue weighted by molar-refractivity contribution is 0.0942. The number of carbonyl (C=O) groups is 1. The molecule has 1 fully saturated rings. The van der Waals surface area contributed by atoms with E-state index in [1.807, 2.05) is 12.1 Å². The van der Waals surface area contributed by atoms with Crippen molar-refractivity contribution in [2.75, 3.05) is 6.54 Å². The minimum absolute atomic E-state index is 0.0793. The Labute approximate surface area is 129 Å². The van der Waals surface area contributed by atoms with Crippen LogP contribution >= 0.6 is 0 Å². The Balaban J connectivity index is 1.77. The highest BCUT2D eigenvalue weighted by Gasteiger charge is 2.18. The molecule has 0 spiro atoms. The largest absolute Gasteiger partial charge is 0.352 e. The van der Waals surface area contributed by atoms with Crippen molar-refractivity contribution in [3.8, 4) is 0 Å². The van der Waals surface area contributed by atoms with Gasteiger partial charge in [-0.05, 0) is 55.2 Å². The molecule has 2 nitrogen and oxygen atoms in total. The lowest BCUT2D eigenvalue weighted by Crippen LogP contribution is -2.31. The van der Waals surface area contributed by atoms with Crippen LogP contribution in [-0.4, -0.2) is 12.5 Å². The molecule has 0 radical (unpaired) electrons. The van der Waals surface area contributed by atoms with Crippen molar-refractivity contribution in [2.24, 2.45) is 11.8 Å². The molecule has 2 heteroatoms. The maximum Gasteiger partial charge on any atom is 0.251 e. The third-order valence-electron chi connectivity index (χ3n) is 4.72. The first-order valence-electron chi connectivity index (χ1n) is 8.56. The Morgan fingerprint density at radius 2 is 1.81 bits per heavy atom. The lowest BCUT2D eigenvalue weighted by atomic mass is 9.83. The fourth-order valence-electron chi connectivity index (χ4n) is 3.08. The van der Waals surface area contributed by atoms with E-state index >= 15 is 0 Å². The maximum atomic E-state index is 12.2. The van der Waals surface area contributed by atoms with E-state index in [1.54, 1.807) is 0 Å². The molecule has 21 heavy (non-hydrogen) atoms. The van der Waals surface area contributed by atoms with Gasteiger partial charge in [-0.25, -0.2) is 0 Å². The van der Waals surface area contributed by atoms with Crippen LogP contribution in [0.1, 0.15) is 68.3 Å². The summed E-state index contributed by atoms with van der Waals surface area (Å²) in [6.45, 7) is 5.37. The minimum Gasteiger partial charge on any atom is -0.352 e. The summed E-state index contributed by atoms with van der Waals surface area (Å²) in [5.41, 5.74) is 2.12. The van der Waals surface area contributed by atoms with Gasteiger partial charge in [-0.15, -0.1) is 0 Å². The van der Waals surface area contributed by atoms with Crippen molar-refractivity contribution in [2.45, 2.75) is 58.8 Å². The molecule has 1 aliphatic carbocycles. The number of carbonyl (C=O) groups excluding carboxylic acids is 1. The van der Waals surface area contributed by atoms with Crippen LogP contribution in [0.25, 0.3) is 0 Å². The van der Waals surface area contributed by atoms with E-state index < -0.39 is 0 Å². The topological polar surface area (TPSA) is 29.1 Å². The molecule has 2 rings (SSSR count). The Bertz CT molecular complexity index is 429. The summed E-state index contributed by atoms with van der Waals surface area (Å²) in [6, 6.07) is 8.10. The highest BCUT2D eigenvalue weighted by atomic mass is 16.1. The van der Waals surface area contributed by atoms with Crippen LogP contribution < -0.4 is 5.32 Å². The van der Waals surface area contributed by atoms with Gasteiger partial charge in [0, 0.05) is 12.1 Å². The number of unbranched alkanes of at least 4 members (excludes halogenated alkanes) is 1. The van der Waals surface area contributed by atoms with Gasteiger partial charge >= 0.3 is 0 Å². The first-order chi connectivity index (χ1) is 10.2. The third kappa shape index (κ3) is 5.18. The van der Waals surface area contributed by atoms with E-state index in [4.69, 9.17) is 0 Å². The van der Waals surface area contributed by atoms with Crippen LogP contribution in [0.15, 0.2) is 24.3 Å². The summed E-state index contributed by atoms with van der Waals surface area (Å²) in [5, 5.41) is 3.11. The van der Waals surface area contributed by atoms with Gasteiger partial charge in [0.1, 0.15) is 0 Å². The number of benzene rings is 1. The predicted molar refractivity (Wildman–Crippen MR) is 88.5 cm³/mol. The Hall–Kier alpha value is -1.31. The maximum absolute atomic E-state index is 12.2. The second kappa shape index (κ2) is 8.21. The predicted octanol–water partition coefficient (Wildman–Crippen LogP) is 4.59. The summed E-state index contributed by atoms with van der Waals surface area (Å²) >= 11 is 0. The molecular weight excluding hydrogens is 258 g/mol. The number of hydrogen-bond acceptors (Lipinski definition) is 1. The molecule has 0 unspecified atom stereocenters. The second-order valence-electron chi connectivity index (χ2n) is 6.64. The standard InChI is InChI=1S/C19H29NO/c1-3-4-5-16-10-12-18(13-11-16)19(21)20-14-17-8-6-15(2)7-9-17/h10-13,15,17H,3-9,14H2,1-2H3,(H,20,21). The van der Waals surface area contributed by atoms with Gasteiger partial charge in [0.15, 0.2) is 0 Å². The highest BCUT2D eigenvalue weighted by Crippen LogP contribution is 2.27. The summed E-state index contributed by atoms with van der Waals surface area (Å²) in [5.74, 6) is 1.62. The first-order valence-corrected chi connectivity index (χ1v) is 8.56. The molecule has 0 aliphatic heterocycles. The fourth-order valence-corrected chi connectivity index (χ4v) is 3.08. The minimum atomic E-state index is 0.0793. The molecule has 1 saturated carbocycles. The average molecular weight is 287 g/mol. The highest BCUT2D eigenvalue weighted by molar-refractivity contribution is 5.94. The van der Waals surface area contributed by atoms with Crippen LogP contribution in [0, 0.1) is 11.8 Å². The number of rotatable bonds is 6.